The molecule has 0 aromatic carbocycles. The van der Waals surface area contributed by atoms with Crippen LogP contribution in [0.5, 0.6) is 0 Å². The first kappa shape index (κ1) is 11.2. The van der Waals surface area contributed by atoms with E-state index in [1.54, 1.807) is 4.90 Å². The average Bonchev–Trinajstić information content (AvgIpc) is 1.87. The molecule has 0 fully saturated rings. The van der Waals surface area contributed by atoms with E-state index < -0.39 is 0 Å². The number of nitrogens with zero attached hydrogens (tertiary/aromatic N) is 2. The number of carbonyl (C=O) groups is 1. The van der Waals surface area contributed by atoms with Gasteiger partial charge in [0, 0.05) is 14.1 Å². The highest BCUT2D eigenvalue weighted by Gasteiger charge is 2.00. The van der Waals surface area contributed by atoms with Gasteiger partial charge in [0.1, 0.15) is 0 Å². The summed E-state index contributed by atoms with van der Waals surface area (Å²) in [7, 11) is 3.71. The highest BCUT2D eigenvalue weighted by Crippen LogP contribution is 2.06. The smallest absolute Gasteiger partial charge is 0.307 e. The van der Waals surface area contributed by atoms with Crippen LogP contribution in [0.25, 0.3) is 0 Å². The van der Waals surface area contributed by atoms with E-state index >= 15 is 0 Å². The van der Waals surface area contributed by atoms with E-state index in [2.05, 4.69) is 4.99 Å². The molecule has 5 heteroatoms. The number of halogens is 1. The van der Waals surface area contributed by atoms with Crippen molar-refractivity contribution in [2.45, 2.75) is 6.92 Å². The van der Waals surface area contributed by atoms with Gasteiger partial charge in [0.05, 0.1) is 0 Å². The molecule has 0 aromatic heterocycles. The van der Waals surface area contributed by atoms with Crippen LogP contribution in [0.2, 0.25) is 0 Å². The first-order chi connectivity index (χ1) is 5.07. The van der Waals surface area contributed by atoms with Gasteiger partial charge in [-0.3, -0.25) is 4.79 Å². The molecule has 0 N–H and O–H groups in total. The summed E-state index contributed by atoms with van der Waals surface area (Å²) in [5.74, 6) is 0.777. The van der Waals surface area contributed by atoms with Crippen molar-refractivity contribution in [2.24, 2.45) is 4.99 Å². The molecule has 0 rings (SSSR count). The molecule has 1 amide bonds. The molecule has 0 aliphatic rings. The maximum absolute atomic E-state index is 10.9. The summed E-state index contributed by atoms with van der Waals surface area (Å²) in [6.45, 7) is 1.93. The summed E-state index contributed by atoms with van der Waals surface area (Å²) in [6.07, 6.45) is 0. The van der Waals surface area contributed by atoms with E-state index in [4.69, 9.17) is 0 Å². The van der Waals surface area contributed by atoms with Crippen LogP contribution in [-0.2, 0) is 0 Å². The Kier molecular flexibility index (Phi) is 5.93. The van der Waals surface area contributed by atoms with Crippen molar-refractivity contribution in [1.29, 1.82) is 0 Å². The monoisotopic (exact) mass is 286 g/mol. The van der Waals surface area contributed by atoms with Crippen molar-refractivity contribution < 1.29 is 4.79 Å². The molecule has 0 aromatic rings. The fourth-order valence-corrected chi connectivity index (χ4v) is 1.11. The van der Waals surface area contributed by atoms with Crippen molar-refractivity contribution in [1.82, 2.24) is 4.90 Å². The van der Waals surface area contributed by atoms with Crippen LogP contribution in [0.3, 0.4) is 0 Å². The highest BCUT2D eigenvalue weighted by atomic mass is 127. The Bertz CT molecular complexity index is 170. The third kappa shape index (κ3) is 5.49. The Labute approximate surface area is 84.8 Å². The van der Waals surface area contributed by atoms with Crippen LogP contribution in [-0.4, -0.2) is 33.8 Å². The minimum Gasteiger partial charge on any atom is -0.358 e. The number of hydrogen-bond acceptors (Lipinski definition) is 2. The number of amides is 1. The van der Waals surface area contributed by atoms with Gasteiger partial charge in [0.15, 0.2) is 3.84 Å². The van der Waals surface area contributed by atoms with Gasteiger partial charge in [-0.2, -0.15) is 4.99 Å². The zero-order valence-corrected chi connectivity index (χ0v) is 9.77. The second kappa shape index (κ2) is 5.82. The van der Waals surface area contributed by atoms with E-state index in [9.17, 15) is 4.79 Å². The molecule has 0 saturated heterocycles. The average molecular weight is 286 g/mol. The Hall–Kier alpha value is 0.220. The molecular weight excluding hydrogens is 275 g/mol. The van der Waals surface area contributed by atoms with E-state index in [1.807, 2.05) is 43.6 Å². The highest BCUT2D eigenvalue weighted by molar-refractivity contribution is 14.1. The van der Waals surface area contributed by atoms with Gasteiger partial charge in [0.2, 0.25) is 0 Å². The fourth-order valence-electron chi connectivity index (χ4n) is 0.331. The molecule has 0 radical (unpaired) electrons. The molecule has 0 heterocycles. The number of aliphatic imine (C=N–C) groups is 1. The van der Waals surface area contributed by atoms with Crippen LogP contribution in [0.4, 0.5) is 4.79 Å². The quantitative estimate of drug-likeness (QED) is 0.321. The Morgan fingerprint density at radius 3 is 2.55 bits per heavy atom. The lowest BCUT2D eigenvalue weighted by Crippen LogP contribution is -2.16. The van der Waals surface area contributed by atoms with Crippen LogP contribution in [0.1, 0.15) is 6.92 Å². The second-order valence-corrected chi connectivity index (χ2v) is 4.15. The topological polar surface area (TPSA) is 32.7 Å². The largest absolute Gasteiger partial charge is 0.358 e. The molecule has 0 atom stereocenters. The molecule has 0 aliphatic heterocycles. The van der Waals surface area contributed by atoms with Gasteiger partial charge in [0.25, 0.3) is 0 Å². The molecule has 3 nitrogen and oxygen atoms in total. The molecule has 11 heavy (non-hydrogen) atoms. The molecule has 0 unspecified atom stereocenters. The van der Waals surface area contributed by atoms with Crippen molar-refractivity contribution >= 4 is 43.4 Å². The van der Waals surface area contributed by atoms with Gasteiger partial charge in [-0.15, -0.1) is 0 Å². The molecule has 0 spiro atoms. The summed E-state index contributed by atoms with van der Waals surface area (Å²) in [5.41, 5.74) is 0. The number of hydrogen-bond donors (Lipinski definition) is 0. The number of carbonyl (C=O) groups excluding carboxylic acids is 1. The Morgan fingerprint density at radius 1 is 1.64 bits per heavy atom. The zero-order chi connectivity index (χ0) is 8.85. The van der Waals surface area contributed by atoms with Crippen molar-refractivity contribution in [3.05, 3.63) is 0 Å². The predicted molar refractivity (Wildman–Crippen MR) is 58.7 cm³/mol. The maximum Gasteiger partial charge on any atom is 0.307 e. The minimum atomic E-state index is -0.120. The summed E-state index contributed by atoms with van der Waals surface area (Å²) >= 11 is 3.25. The lowest BCUT2D eigenvalue weighted by Gasteiger charge is -2.07. The van der Waals surface area contributed by atoms with E-state index in [0.29, 0.717) is 3.84 Å². The summed E-state index contributed by atoms with van der Waals surface area (Å²) in [6, 6.07) is 0. The van der Waals surface area contributed by atoms with E-state index in [-0.39, 0.29) is 5.24 Å². The van der Waals surface area contributed by atoms with Crippen LogP contribution < -0.4 is 0 Å². The third-order valence-corrected chi connectivity index (χ3v) is 2.65. The van der Waals surface area contributed by atoms with E-state index in [1.165, 1.54) is 11.8 Å². The van der Waals surface area contributed by atoms with Crippen LogP contribution >= 0.6 is 34.4 Å². The molecule has 0 bridgehead atoms. The summed E-state index contributed by atoms with van der Waals surface area (Å²) in [5, 5.41) is -0.120. The van der Waals surface area contributed by atoms with Crippen molar-refractivity contribution in [3.8, 4) is 0 Å². The van der Waals surface area contributed by atoms with Crippen molar-refractivity contribution in [3.63, 3.8) is 0 Å². The van der Waals surface area contributed by atoms with Crippen LogP contribution in [0.15, 0.2) is 4.99 Å². The van der Waals surface area contributed by atoms with Crippen molar-refractivity contribution in [2.75, 3.05) is 19.8 Å². The van der Waals surface area contributed by atoms with E-state index in [0.717, 1.165) is 5.75 Å². The number of thioether (sulfide) groups is 1. The first-order valence-corrected chi connectivity index (χ1v) is 5.22. The standard InChI is InChI=1S/C6H11IN2OS/c1-4-11-6(10)8-5(7)9(2)3/h4H2,1-3H3. The summed E-state index contributed by atoms with van der Waals surface area (Å²) in [4.78, 5) is 16.5. The Balaban J connectivity index is 3.97. The SMILES string of the molecule is CCSC(=O)N=C(I)N(C)C. The third-order valence-electron chi connectivity index (χ3n) is 0.820. The fraction of sp³-hybridized carbons (Fsp3) is 0.667. The normalized spacial score (nSPS) is 11.5. The van der Waals surface area contributed by atoms with Gasteiger partial charge >= 0.3 is 5.24 Å². The predicted octanol–water partition coefficient (Wildman–Crippen LogP) is 2.21. The number of amidine groups is 1. The minimum absolute atomic E-state index is 0.120. The van der Waals surface area contributed by atoms with Gasteiger partial charge in [-0.25, -0.2) is 0 Å². The van der Waals surface area contributed by atoms with Gasteiger partial charge in [-0.1, -0.05) is 18.7 Å². The number of rotatable bonds is 1. The second-order valence-electron chi connectivity index (χ2n) is 1.97. The zero-order valence-electron chi connectivity index (χ0n) is 6.80. The lowest BCUT2D eigenvalue weighted by molar-refractivity contribution is 0.267. The van der Waals surface area contributed by atoms with Gasteiger partial charge < -0.3 is 4.90 Å². The lowest BCUT2D eigenvalue weighted by atomic mass is 10.9. The maximum atomic E-state index is 10.9. The van der Waals surface area contributed by atoms with Crippen LogP contribution in [0, 0.1) is 0 Å². The molecule has 0 aliphatic carbocycles. The Morgan fingerprint density at radius 2 is 2.18 bits per heavy atom. The molecule has 64 valence electrons. The first-order valence-electron chi connectivity index (χ1n) is 3.16. The summed E-state index contributed by atoms with van der Waals surface area (Å²) < 4.78 is 0.716. The van der Waals surface area contributed by atoms with Gasteiger partial charge in [-0.05, 0) is 28.3 Å². The molecule has 0 saturated carbocycles. The molecular formula is C6H11IN2OS.